The van der Waals surface area contributed by atoms with Crippen LogP contribution in [0.4, 0.5) is 5.69 Å². The molecule has 8 nitrogen and oxygen atoms in total. The van der Waals surface area contributed by atoms with E-state index >= 15 is 0 Å². The number of non-ortho nitro benzene ring substituents is 1. The van der Waals surface area contributed by atoms with E-state index in [4.69, 9.17) is 14.2 Å². The van der Waals surface area contributed by atoms with Crippen LogP contribution in [0.3, 0.4) is 0 Å². The van der Waals surface area contributed by atoms with Crippen molar-refractivity contribution < 1.29 is 23.9 Å². The van der Waals surface area contributed by atoms with Crippen molar-refractivity contribution in [2.45, 2.75) is 13.5 Å². The summed E-state index contributed by atoms with van der Waals surface area (Å²) in [6.07, 6.45) is 1.62. The van der Waals surface area contributed by atoms with Crippen molar-refractivity contribution in [1.29, 1.82) is 0 Å². The van der Waals surface area contributed by atoms with E-state index in [0.717, 1.165) is 9.13 Å². The Morgan fingerprint density at radius 1 is 1.06 bits per heavy atom. The summed E-state index contributed by atoms with van der Waals surface area (Å²) in [6, 6.07) is 19.0. The number of cyclic esters (lactones) is 1. The third-order valence-corrected chi connectivity index (χ3v) is 5.52. The number of esters is 1. The standard InChI is InChI=1S/C25H19IN2O6/c1-2-32-23-14-16(6-11-22(23)33-15-17-4-3-5-20(12-17)28(30)31)13-21-25(29)34-24(27-21)18-7-9-19(26)10-8-18/h3-14H,2,15H2,1H3/b21-13-. The molecule has 1 aliphatic heterocycles. The molecule has 0 N–H and O–H groups in total. The molecule has 1 heterocycles. The number of hydrogen-bond donors (Lipinski definition) is 0. The number of nitrogens with zero attached hydrogens (tertiary/aromatic N) is 2. The summed E-state index contributed by atoms with van der Waals surface area (Å²) < 4.78 is 18.0. The van der Waals surface area contributed by atoms with Crippen LogP contribution < -0.4 is 9.47 Å². The lowest BCUT2D eigenvalue weighted by Gasteiger charge is -2.13. The van der Waals surface area contributed by atoms with Crippen LogP contribution in [-0.2, 0) is 16.1 Å². The average molecular weight is 570 g/mol. The van der Waals surface area contributed by atoms with Crippen molar-refractivity contribution in [3.63, 3.8) is 0 Å². The van der Waals surface area contributed by atoms with Crippen LogP contribution in [0, 0.1) is 13.7 Å². The van der Waals surface area contributed by atoms with Gasteiger partial charge in [-0.3, -0.25) is 10.1 Å². The van der Waals surface area contributed by atoms with Crippen LogP contribution in [0.15, 0.2) is 77.4 Å². The molecule has 34 heavy (non-hydrogen) atoms. The zero-order valence-electron chi connectivity index (χ0n) is 18.1. The minimum atomic E-state index is -0.530. The van der Waals surface area contributed by atoms with Crippen LogP contribution in [-0.4, -0.2) is 23.4 Å². The normalized spacial score (nSPS) is 14.0. The van der Waals surface area contributed by atoms with Crippen LogP contribution >= 0.6 is 22.6 Å². The lowest BCUT2D eigenvalue weighted by Crippen LogP contribution is -2.05. The van der Waals surface area contributed by atoms with Gasteiger partial charge in [-0.25, -0.2) is 9.79 Å². The molecule has 3 aromatic carbocycles. The summed E-state index contributed by atoms with van der Waals surface area (Å²) in [6.45, 7) is 2.39. The molecule has 0 aromatic heterocycles. The Hall–Kier alpha value is -3.73. The smallest absolute Gasteiger partial charge is 0.363 e. The van der Waals surface area contributed by atoms with Crippen molar-refractivity contribution in [3.8, 4) is 11.5 Å². The Morgan fingerprint density at radius 3 is 2.59 bits per heavy atom. The second-order valence-electron chi connectivity index (χ2n) is 7.20. The quantitative estimate of drug-likeness (QED) is 0.116. The molecular weight excluding hydrogens is 551 g/mol. The highest BCUT2D eigenvalue weighted by Gasteiger charge is 2.24. The molecule has 0 atom stereocenters. The zero-order valence-corrected chi connectivity index (χ0v) is 20.2. The number of benzene rings is 3. The molecule has 0 bridgehead atoms. The number of carbonyl (C=O) groups is 1. The lowest BCUT2D eigenvalue weighted by molar-refractivity contribution is -0.384. The van der Waals surface area contributed by atoms with Crippen molar-refractivity contribution in [1.82, 2.24) is 0 Å². The van der Waals surface area contributed by atoms with Crippen LogP contribution in [0.2, 0.25) is 0 Å². The Bertz CT molecular complexity index is 1300. The fraction of sp³-hybridized carbons (Fsp3) is 0.120. The summed E-state index contributed by atoms with van der Waals surface area (Å²) in [5.41, 5.74) is 2.25. The van der Waals surface area contributed by atoms with Crippen LogP contribution in [0.5, 0.6) is 11.5 Å². The van der Waals surface area contributed by atoms with Crippen molar-refractivity contribution in [2.75, 3.05) is 6.61 Å². The van der Waals surface area contributed by atoms with Gasteiger partial charge in [0.15, 0.2) is 17.2 Å². The molecule has 0 spiro atoms. The third-order valence-electron chi connectivity index (χ3n) is 4.80. The predicted molar refractivity (Wildman–Crippen MR) is 135 cm³/mol. The van der Waals surface area contributed by atoms with Gasteiger partial charge < -0.3 is 14.2 Å². The van der Waals surface area contributed by atoms with Gasteiger partial charge in [0.05, 0.1) is 11.5 Å². The number of nitro benzene ring substituents is 1. The number of ether oxygens (including phenoxy) is 3. The number of hydrogen-bond acceptors (Lipinski definition) is 7. The maximum atomic E-state index is 12.3. The maximum absolute atomic E-state index is 12.3. The summed E-state index contributed by atoms with van der Waals surface area (Å²) in [5.74, 6) is 0.690. The summed E-state index contributed by atoms with van der Waals surface area (Å²) >= 11 is 2.20. The molecule has 0 radical (unpaired) electrons. The fourth-order valence-electron chi connectivity index (χ4n) is 3.21. The Kier molecular flexibility index (Phi) is 7.21. The van der Waals surface area contributed by atoms with Gasteiger partial charge in [0, 0.05) is 21.3 Å². The first-order chi connectivity index (χ1) is 16.4. The molecule has 0 fully saturated rings. The molecule has 4 rings (SSSR count). The average Bonchev–Trinajstić information content (AvgIpc) is 3.19. The highest BCUT2D eigenvalue weighted by Crippen LogP contribution is 2.31. The fourth-order valence-corrected chi connectivity index (χ4v) is 3.57. The molecular formula is C25H19IN2O6. The number of carbonyl (C=O) groups excluding carboxylic acids is 1. The zero-order chi connectivity index (χ0) is 24.1. The summed E-state index contributed by atoms with van der Waals surface area (Å²) in [7, 11) is 0. The largest absolute Gasteiger partial charge is 0.490 e. The van der Waals surface area contributed by atoms with E-state index in [9.17, 15) is 14.9 Å². The third kappa shape index (κ3) is 5.60. The number of nitro groups is 1. The predicted octanol–water partition coefficient (Wildman–Crippen LogP) is 5.52. The number of aliphatic imine (C=N–C) groups is 1. The topological polar surface area (TPSA) is 100 Å². The van der Waals surface area contributed by atoms with Gasteiger partial charge in [-0.2, -0.15) is 0 Å². The van der Waals surface area contributed by atoms with Crippen LogP contribution in [0.1, 0.15) is 23.6 Å². The Balaban J connectivity index is 1.54. The van der Waals surface area contributed by atoms with E-state index in [-0.39, 0.29) is 23.9 Å². The second kappa shape index (κ2) is 10.5. The van der Waals surface area contributed by atoms with Gasteiger partial charge >= 0.3 is 5.97 Å². The van der Waals surface area contributed by atoms with E-state index in [1.165, 1.54) is 12.1 Å². The van der Waals surface area contributed by atoms with E-state index in [0.29, 0.717) is 29.2 Å². The molecule has 3 aromatic rings. The van der Waals surface area contributed by atoms with Crippen molar-refractivity contribution in [2.24, 2.45) is 4.99 Å². The van der Waals surface area contributed by atoms with Gasteiger partial charge in [-0.05, 0) is 83.1 Å². The lowest BCUT2D eigenvalue weighted by atomic mass is 10.1. The van der Waals surface area contributed by atoms with Gasteiger partial charge in [-0.15, -0.1) is 0 Å². The number of rotatable bonds is 8. The van der Waals surface area contributed by atoms with E-state index in [1.54, 1.807) is 36.4 Å². The molecule has 0 unspecified atom stereocenters. The first kappa shape index (κ1) is 23.4. The van der Waals surface area contributed by atoms with Gasteiger partial charge in [-0.1, -0.05) is 18.2 Å². The first-order valence-corrected chi connectivity index (χ1v) is 11.4. The van der Waals surface area contributed by atoms with Crippen molar-refractivity contribution in [3.05, 3.63) is 103 Å². The Morgan fingerprint density at radius 2 is 1.85 bits per heavy atom. The highest BCUT2D eigenvalue weighted by molar-refractivity contribution is 14.1. The molecule has 172 valence electrons. The minimum absolute atomic E-state index is 0.00159. The summed E-state index contributed by atoms with van der Waals surface area (Å²) in [4.78, 5) is 27.2. The van der Waals surface area contributed by atoms with Crippen LogP contribution in [0.25, 0.3) is 6.08 Å². The van der Waals surface area contributed by atoms with E-state index < -0.39 is 10.9 Å². The first-order valence-electron chi connectivity index (χ1n) is 10.3. The monoisotopic (exact) mass is 570 g/mol. The molecule has 9 heteroatoms. The van der Waals surface area contributed by atoms with Gasteiger partial charge in [0.1, 0.15) is 6.61 Å². The molecule has 0 saturated heterocycles. The van der Waals surface area contributed by atoms with Gasteiger partial charge in [0.2, 0.25) is 5.90 Å². The van der Waals surface area contributed by atoms with Gasteiger partial charge in [0.25, 0.3) is 5.69 Å². The summed E-state index contributed by atoms with van der Waals surface area (Å²) in [5, 5.41) is 11.0. The number of halogens is 1. The Labute approximate surface area is 209 Å². The molecule has 0 amide bonds. The molecule has 1 aliphatic rings. The molecule has 0 saturated carbocycles. The SMILES string of the molecule is CCOc1cc(/C=C2\N=C(c3ccc(I)cc3)OC2=O)ccc1OCc1cccc([N+](=O)[O-])c1. The maximum Gasteiger partial charge on any atom is 0.363 e. The van der Waals surface area contributed by atoms with Crippen molar-refractivity contribution >= 4 is 46.2 Å². The minimum Gasteiger partial charge on any atom is -0.490 e. The second-order valence-corrected chi connectivity index (χ2v) is 8.44. The van der Waals surface area contributed by atoms with E-state index in [2.05, 4.69) is 27.6 Å². The highest BCUT2D eigenvalue weighted by atomic mass is 127. The van der Waals surface area contributed by atoms with E-state index in [1.807, 2.05) is 31.2 Å². The molecule has 0 aliphatic carbocycles.